The van der Waals surface area contributed by atoms with Crippen LogP contribution in [0.4, 0.5) is 0 Å². The molecule has 0 saturated heterocycles. The molecule has 0 spiro atoms. The molecule has 1 aromatic carbocycles. The van der Waals surface area contributed by atoms with E-state index in [1.807, 2.05) is 19.1 Å². The van der Waals surface area contributed by atoms with Crippen molar-refractivity contribution in [1.29, 1.82) is 0 Å². The van der Waals surface area contributed by atoms with Gasteiger partial charge in [-0.3, -0.25) is 0 Å². The van der Waals surface area contributed by atoms with E-state index in [2.05, 4.69) is 6.07 Å². The Labute approximate surface area is 73.0 Å². The molecule has 64 valence electrons. The van der Waals surface area contributed by atoms with Crippen molar-refractivity contribution < 1.29 is 5.11 Å². The van der Waals surface area contributed by atoms with Gasteiger partial charge in [-0.2, -0.15) is 0 Å². The molecule has 1 aliphatic carbocycles. The zero-order valence-electron chi connectivity index (χ0n) is 7.38. The first-order valence-electron chi connectivity index (χ1n) is 4.58. The lowest BCUT2D eigenvalue weighted by Crippen LogP contribution is -1.97. The Hall–Kier alpha value is -0.820. The van der Waals surface area contributed by atoms with E-state index < -0.39 is 0 Å². The summed E-state index contributed by atoms with van der Waals surface area (Å²) in [6, 6.07) is 6.26. The molecule has 0 bridgehead atoms. The second kappa shape index (κ2) is 2.91. The van der Waals surface area contributed by atoms with Crippen LogP contribution in [-0.4, -0.2) is 5.11 Å². The van der Waals surface area contributed by atoms with Crippen molar-refractivity contribution in [2.24, 2.45) is 0 Å². The van der Waals surface area contributed by atoms with Gasteiger partial charge in [0.05, 0.1) is 6.10 Å². The molecule has 12 heavy (non-hydrogen) atoms. The minimum atomic E-state index is -0.307. The molecular formula is C11H14O. The molecule has 1 nitrogen and oxygen atoms in total. The van der Waals surface area contributed by atoms with Crippen molar-refractivity contribution in [2.75, 3.05) is 0 Å². The molecular weight excluding hydrogens is 148 g/mol. The molecule has 0 heterocycles. The molecule has 0 aromatic heterocycles. The van der Waals surface area contributed by atoms with Crippen LogP contribution in [0.5, 0.6) is 0 Å². The average Bonchev–Trinajstić information content (AvgIpc) is 2.49. The van der Waals surface area contributed by atoms with Crippen molar-refractivity contribution in [3.63, 3.8) is 0 Å². The van der Waals surface area contributed by atoms with Gasteiger partial charge in [-0.1, -0.05) is 18.2 Å². The van der Waals surface area contributed by atoms with Crippen LogP contribution in [0, 0.1) is 0 Å². The number of aryl methyl sites for hydroxylation is 1. The van der Waals surface area contributed by atoms with Gasteiger partial charge in [0, 0.05) is 0 Å². The van der Waals surface area contributed by atoms with Gasteiger partial charge in [0.25, 0.3) is 0 Å². The first-order chi connectivity index (χ1) is 5.79. The summed E-state index contributed by atoms with van der Waals surface area (Å²) in [5.74, 6) is 0. The molecule has 0 fully saturated rings. The largest absolute Gasteiger partial charge is 0.389 e. The Bertz CT molecular complexity index is 289. The number of fused-ring (bicyclic) bond motifs is 1. The Morgan fingerprint density at radius 1 is 1.33 bits per heavy atom. The van der Waals surface area contributed by atoms with E-state index in [0.29, 0.717) is 0 Å². The van der Waals surface area contributed by atoms with E-state index in [-0.39, 0.29) is 6.10 Å². The van der Waals surface area contributed by atoms with E-state index in [1.165, 1.54) is 24.0 Å². The average molecular weight is 162 g/mol. The molecule has 0 amide bonds. The number of aliphatic hydroxyl groups excluding tert-OH is 1. The van der Waals surface area contributed by atoms with Crippen LogP contribution in [-0.2, 0) is 12.8 Å². The highest BCUT2D eigenvalue weighted by molar-refractivity contribution is 5.39. The summed E-state index contributed by atoms with van der Waals surface area (Å²) in [5, 5.41) is 9.49. The summed E-state index contributed by atoms with van der Waals surface area (Å²) in [5.41, 5.74) is 3.96. The molecule has 0 aliphatic heterocycles. The van der Waals surface area contributed by atoms with Gasteiger partial charge in [-0.25, -0.2) is 0 Å². The summed E-state index contributed by atoms with van der Waals surface area (Å²) < 4.78 is 0. The molecule has 1 atom stereocenters. The van der Waals surface area contributed by atoms with Crippen molar-refractivity contribution in [3.8, 4) is 0 Å². The van der Waals surface area contributed by atoms with Crippen LogP contribution in [0.3, 0.4) is 0 Å². The standard InChI is InChI=1S/C11H14O/c1-8(12)10-6-2-4-9-5-3-7-11(9)10/h2,4,6,8,12H,3,5,7H2,1H3. The minimum absolute atomic E-state index is 0.307. The summed E-state index contributed by atoms with van der Waals surface area (Å²) in [6.07, 6.45) is 3.28. The van der Waals surface area contributed by atoms with Crippen LogP contribution in [0.1, 0.15) is 36.1 Å². The molecule has 0 radical (unpaired) electrons. The van der Waals surface area contributed by atoms with E-state index >= 15 is 0 Å². The van der Waals surface area contributed by atoms with Crippen molar-refractivity contribution in [3.05, 3.63) is 34.9 Å². The van der Waals surface area contributed by atoms with Crippen LogP contribution in [0.25, 0.3) is 0 Å². The highest BCUT2D eigenvalue weighted by Crippen LogP contribution is 2.28. The summed E-state index contributed by atoms with van der Waals surface area (Å²) in [4.78, 5) is 0. The molecule has 1 N–H and O–H groups in total. The molecule has 1 unspecified atom stereocenters. The number of benzene rings is 1. The lowest BCUT2D eigenvalue weighted by molar-refractivity contribution is 0.198. The lowest BCUT2D eigenvalue weighted by atomic mass is 10.00. The maximum Gasteiger partial charge on any atom is 0.0764 e. The molecule has 0 saturated carbocycles. The van der Waals surface area contributed by atoms with Crippen molar-refractivity contribution in [1.82, 2.24) is 0 Å². The highest BCUT2D eigenvalue weighted by Gasteiger charge is 2.15. The smallest absolute Gasteiger partial charge is 0.0764 e. The Morgan fingerprint density at radius 3 is 2.92 bits per heavy atom. The summed E-state index contributed by atoms with van der Waals surface area (Å²) >= 11 is 0. The van der Waals surface area contributed by atoms with Gasteiger partial charge in [0.15, 0.2) is 0 Å². The molecule has 2 rings (SSSR count). The Morgan fingerprint density at radius 2 is 2.17 bits per heavy atom. The first-order valence-corrected chi connectivity index (χ1v) is 4.58. The molecule has 1 aromatic rings. The normalized spacial score (nSPS) is 17.5. The van der Waals surface area contributed by atoms with E-state index in [9.17, 15) is 5.11 Å². The van der Waals surface area contributed by atoms with E-state index in [0.717, 1.165) is 12.0 Å². The Balaban J connectivity index is 2.49. The highest BCUT2D eigenvalue weighted by atomic mass is 16.3. The Kier molecular flexibility index (Phi) is 1.89. The SMILES string of the molecule is CC(O)c1cccc2c1CCC2. The summed E-state index contributed by atoms with van der Waals surface area (Å²) in [7, 11) is 0. The van der Waals surface area contributed by atoms with Gasteiger partial charge < -0.3 is 5.11 Å². The topological polar surface area (TPSA) is 20.2 Å². The summed E-state index contributed by atoms with van der Waals surface area (Å²) in [6.45, 7) is 1.84. The van der Waals surface area contributed by atoms with Crippen molar-refractivity contribution in [2.45, 2.75) is 32.3 Å². The maximum absolute atomic E-state index is 9.49. The zero-order valence-corrected chi connectivity index (χ0v) is 7.38. The number of hydrogen-bond acceptors (Lipinski definition) is 1. The van der Waals surface area contributed by atoms with Gasteiger partial charge in [-0.05, 0) is 42.9 Å². The predicted molar refractivity (Wildman–Crippen MR) is 49.1 cm³/mol. The van der Waals surface area contributed by atoms with Crippen LogP contribution < -0.4 is 0 Å². The van der Waals surface area contributed by atoms with Gasteiger partial charge in [-0.15, -0.1) is 0 Å². The van der Waals surface area contributed by atoms with E-state index in [4.69, 9.17) is 0 Å². The first kappa shape index (κ1) is 7.81. The third-order valence-corrected chi connectivity index (χ3v) is 2.63. The van der Waals surface area contributed by atoms with Crippen LogP contribution in [0.15, 0.2) is 18.2 Å². The van der Waals surface area contributed by atoms with Gasteiger partial charge in [0.2, 0.25) is 0 Å². The third kappa shape index (κ3) is 1.14. The number of rotatable bonds is 1. The number of aliphatic hydroxyl groups is 1. The third-order valence-electron chi connectivity index (χ3n) is 2.63. The quantitative estimate of drug-likeness (QED) is 0.671. The monoisotopic (exact) mass is 162 g/mol. The van der Waals surface area contributed by atoms with E-state index in [1.54, 1.807) is 0 Å². The lowest BCUT2D eigenvalue weighted by Gasteiger charge is -2.10. The fourth-order valence-electron chi connectivity index (χ4n) is 2.04. The number of hydrogen-bond donors (Lipinski definition) is 1. The van der Waals surface area contributed by atoms with Crippen molar-refractivity contribution >= 4 is 0 Å². The fraction of sp³-hybridized carbons (Fsp3) is 0.455. The van der Waals surface area contributed by atoms with Gasteiger partial charge >= 0.3 is 0 Å². The van der Waals surface area contributed by atoms with Gasteiger partial charge in [0.1, 0.15) is 0 Å². The minimum Gasteiger partial charge on any atom is -0.389 e. The molecule has 1 heteroatoms. The zero-order chi connectivity index (χ0) is 8.55. The van der Waals surface area contributed by atoms with Crippen LogP contribution in [0.2, 0.25) is 0 Å². The second-order valence-electron chi connectivity index (χ2n) is 3.51. The predicted octanol–water partition coefficient (Wildman–Crippen LogP) is 2.23. The molecule has 1 aliphatic rings. The maximum atomic E-state index is 9.49. The fourth-order valence-corrected chi connectivity index (χ4v) is 2.04. The second-order valence-corrected chi connectivity index (χ2v) is 3.51. The van der Waals surface area contributed by atoms with Crippen LogP contribution >= 0.6 is 0 Å².